The van der Waals surface area contributed by atoms with Crippen molar-refractivity contribution in [2.24, 2.45) is 0 Å². The first kappa shape index (κ1) is 22.6. The Kier molecular flexibility index (Phi) is 8.35. The molecular formula is C21H30N2O6. The van der Waals surface area contributed by atoms with E-state index < -0.39 is 5.97 Å². The third-order valence-corrected chi connectivity index (χ3v) is 4.65. The predicted molar refractivity (Wildman–Crippen MR) is 110 cm³/mol. The fourth-order valence-electron chi connectivity index (χ4n) is 3.38. The molecule has 0 aliphatic heterocycles. The van der Waals surface area contributed by atoms with Crippen LogP contribution in [0, 0.1) is 0 Å². The van der Waals surface area contributed by atoms with Crippen LogP contribution in [-0.4, -0.2) is 57.7 Å². The number of aromatic carboxylic acids is 1. The second-order valence-corrected chi connectivity index (χ2v) is 6.44. The van der Waals surface area contributed by atoms with E-state index >= 15 is 0 Å². The van der Waals surface area contributed by atoms with Crippen molar-refractivity contribution < 1.29 is 28.8 Å². The van der Waals surface area contributed by atoms with Crippen LogP contribution < -0.4 is 19.5 Å². The number of benzene rings is 1. The molecule has 29 heavy (non-hydrogen) atoms. The zero-order valence-corrected chi connectivity index (χ0v) is 17.7. The summed E-state index contributed by atoms with van der Waals surface area (Å²) in [6, 6.07) is 3.64. The molecule has 0 amide bonds. The highest BCUT2D eigenvalue weighted by atomic mass is 16.5. The van der Waals surface area contributed by atoms with Crippen molar-refractivity contribution >= 4 is 5.97 Å². The summed E-state index contributed by atoms with van der Waals surface area (Å²) in [7, 11) is 6.24. The average Bonchev–Trinajstić information content (AvgIpc) is 3.09. The summed E-state index contributed by atoms with van der Waals surface area (Å²) in [5.74, 6) is 0.457. The Labute approximate surface area is 171 Å². The second kappa shape index (κ2) is 10.7. The van der Waals surface area contributed by atoms with Crippen LogP contribution in [0.1, 0.15) is 35.1 Å². The van der Waals surface area contributed by atoms with E-state index in [4.69, 9.17) is 18.9 Å². The topological polar surface area (TPSA) is 102 Å². The van der Waals surface area contributed by atoms with Crippen molar-refractivity contribution in [1.29, 1.82) is 0 Å². The number of rotatable bonds is 12. The van der Waals surface area contributed by atoms with Crippen molar-refractivity contribution in [3.63, 3.8) is 0 Å². The van der Waals surface area contributed by atoms with Crippen LogP contribution in [-0.2, 0) is 17.7 Å². The standard InChI is InChI=1S/C21H30N2O6/c1-6-10-22-12-15-17(13(9-11-26-2)18(23-15)21(24)25)14-7-8-16(27-3)20(29-5)19(14)28-4/h7-8,22-23H,6,9-12H2,1-5H3,(H,24,25). The molecule has 0 saturated carbocycles. The maximum absolute atomic E-state index is 11.9. The summed E-state index contributed by atoms with van der Waals surface area (Å²) in [6.45, 7) is 3.78. The molecule has 2 aromatic rings. The van der Waals surface area contributed by atoms with Gasteiger partial charge in [-0.15, -0.1) is 0 Å². The molecule has 2 rings (SSSR count). The van der Waals surface area contributed by atoms with Gasteiger partial charge in [0.1, 0.15) is 5.69 Å². The number of carboxylic acids is 1. The molecule has 0 fully saturated rings. The molecule has 0 aliphatic rings. The van der Waals surface area contributed by atoms with Gasteiger partial charge in [0, 0.05) is 30.5 Å². The number of H-pyrrole nitrogens is 1. The van der Waals surface area contributed by atoms with Crippen LogP contribution >= 0.6 is 0 Å². The number of hydrogen-bond acceptors (Lipinski definition) is 6. The lowest BCUT2D eigenvalue weighted by Crippen LogP contribution is -2.15. The van der Waals surface area contributed by atoms with E-state index in [1.807, 2.05) is 6.07 Å². The Balaban J connectivity index is 2.75. The van der Waals surface area contributed by atoms with E-state index in [1.54, 1.807) is 34.5 Å². The zero-order chi connectivity index (χ0) is 21.4. The largest absolute Gasteiger partial charge is 0.493 e. The van der Waals surface area contributed by atoms with Crippen LogP contribution in [0.5, 0.6) is 17.2 Å². The van der Waals surface area contributed by atoms with Crippen LogP contribution in [0.25, 0.3) is 11.1 Å². The summed E-state index contributed by atoms with van der Waals surface area (Å²) in [4.78, 5) is 15.0. The number of methoxy groups -OCH3 is 4. The molecule has 160 valence electrons. The third kappa shape index (κ3) is 4.83. The van der Waals surface area contributed by atoms with Crippen LogP contribution in [0.2, 0.25) is 0 Å². The van der Waals surface area contributed by atoms with Crippen molar-refractivity contribution in [1.82, 2.24) is 10.3 Å². The van der Waals surface area contributed by atoms with Crippen molar-refractivity contribution in [3.05, 3.63) is 29.1 Å². The van der Waals surface area contributed by atoms with Crippen molar-refractivity contribution in [2.45, 2.75) is 26.3 Å². The maximum atomic E-state index is 11.9. The molecule has 0 bridgehead atoms. The summed E-state index contributed by atoms with van der Waals surface area (Å²) in [5, 5.41) is 13.1. The van der Waals surface area contributed by atoms with Gasteiger partial charge in [-0.1, -0.05) is 6.92 Å². The smallest absolute Gasteiger partial charge is 0.352 e. The lowest BCUT2D eigenvalue weighted by molar-refractivity contribution is 0.0689. The molecule has 1 aromatic carbocycles. The van der Waals surface area contributed by atoms with Gasteiger partial charge in [0.2, 0.25) is 5.75 Å². The number of aromatic amines is 1. The van der Waals surface area contributed by atoms with Gasteiger partial charge in [-0.25, -0.2) is 4.79 Å². The van der Waals surface area contributed by atoms with Gasteiger partial charge in [0.25, 0.3) is 0 Å². The van der Waals surface area contributed by atoms with Gasteiger partial charge in [0.05, 0.1) is 27.9 Å². The Morgan fingerprint density at radius 1 is 1.10 bits per heavy atom. The molecule has 1 aromatic heterocycles. The van der Waals surface area contributed by atoms with Gasteiger partial charge in [0.15, 0.2) is 11.5 Å². The molecule has 8 heteroatoms. The number of carboxylic acid groups (broad SMARTS) is 1. The second-order valence-electron chi connectivity index (χ2n) is 6.44. The van der Waals surface area contributed by atoms with E-state index in [0.717, 1.165) is 29.8 Å². The summed E-state index contributed by atoms with van der Waals surface area (Å²) in [6.07, 6.45) is 1.41. The third-order valence-electron chi connectivity index (χ3n) is 4.65. The Morgan fingerprint density at radius 3 is 2.38 bits per heavy atom. The quantitative estimate of drug-likeness (QED) is 0.466. The normalized spacial score (nSPS) is 10.8. The first-order valence-electron chi connectivity index (χ1n) is 9.49. The van der Waals surface area contributed by atoms with Crippen LogP contribution in [0.3, 0.4) is 0 Å². The highest BCUT2D eigenvalue weighted by molar-refractivity contribution is 5.93. The van der Waals surface area contributed by atoms with E-state index in [1.165, 1.54) is 0 Å². The van der Waals surface area contributed by atoms with Crippen LogP contribution in [0.15, 0.2) is 12.1 Å². The van der Waals surface area contributed by atoms with E-state index in [9.17, 15) is 9.90 Å². The molecule has 0 saturated heterocycles. The first-order valence-corrected chi connectivity index (χ1v) is 9.49. The first-order chi connectivity index (χ1) is 14.0. The average molecular weight is 406 g/mol. The molecule has 0 atom stereocenters. The fourth-order valence-corrected chi connectivity index (χ4v) is 3.38. The highest BCUT2D eigenvalue weighted by Gasteiger charge is 2.27. The van der Waals surface area contributed by atoms with Crippen molar-refractivity contribution in [3.8, 4) is 28.4 Å². The molecule has 8 nitrogen and oxygen atoms in total. The Hall–Kier alpha value is -2.71. The molecule has 0 radical (unpaired) electrons. The number of aromatic nitrogens is 1. The summed E-state index contributed by atoms with van der Waals surface area (Å²) in [5.41, 5.74) is 3.10. The van der Waals surface area contributed by atoms with E-state index in [2.05, 4.69) is 17.2 Å². The minimum absolute atomic E-state index is 0.155. The predicted octanol–water partition coefficient (Wildman–Crippen LogP) is 3.09. The molecule has 0 spiro atoms. The van der Waals surface area contributed by atoms with Crippen molar-refractivity contribution in [2.75, 3.05) is 41.6 Å². The summed E-state index contributed by atoms with van der Waals surface area (Å²) >= 11 is 0. The van der Waals surface area contributed by atoms with Gasteiger partial charge in [-0.05, 0) is 37.1 Å². The number of nitrogens with one attached hydrogen (secondary N) is 2. The number of hydrogen-bond donors (Lipinski definition) is 3. The molecule has 0 unspecified atom stereocenters. The highest BCUT2D eigenvalue weighted by Crippen LogP contribution is 2.46. The molecule has 3 N–H and O–H groups in total. The lowest BCUT2D eigenvalue weighted by atomic mass is 9.96. The van der Waals surface area contributed by atoms with Gasteiger partial charge in [-0.2, -0.15) is 0 Å². The Morgan fingerprint density at radius 2 is 1.83 bits per heavy atom. The van der Waals surface area contributed by atoms with Gasteiger partial charge >= 0.3 is 5.97 Å². The molecular weight excluding hydrogens is 376 g/mol. The monoisotopic (exact) mass is 406 g/mol. The maximum Gasteiger partial charge on any atom is 0.352 e. The number of carbonyl (C=O) groups is 1. The van der Waals surface area contributed by atoms with E-state index in [-0.39, 0.29) is 5.69 Å². The lowest BCUT2D eigenvalue weighted by Gasteiger charge is -2.17. The van der Waals surface area contributed by atoms with Crippen LogP contribution in [0.4, 0.5) is 0 Å². The molecule has 1 heterocycles. The minimum atomic E-state index is -1.02. The number of ether oxygens (including phenoxy) is 4. The minimum Gasteiger partial charge on any atom is -0.493 e. The molecule has 0 aliphatic carbocycles. The van der Waals surface area contributed by atoms with E-state index in [0.29, 0.717) is 42.4 Å². The van der Waals surface area contributed by atoms with Gasteiger partial charge < -0.3 is 34.4 Å². The Bertz CT molecular complexity index is 831. The summed E-state index contributed by atoms with van der Waals surface area (Å²) < 4.78 is 21.8. The van der Waals surface area contributed by atoms with Gasteiger partial charge in [-0.3, -0.25) is 0 Å². The SMILES string of the molecule is CCCNCc1[nH]c(C(=O)O)c(CCOC)c1-c1ccc(OC)c(OC)c1OC. The fraction of sp³-hybridized carbons (Fsp3) is 0.476. The zero-order valence-electron chi connectivity index (χ0n) is 17.7.